The highest BCUT2D eigenvalue weighted by Gasteiger charge is 2.32. The van der Waals surface area contributed by atoms with Crippen LogP contribution in [-0.4, -0.2) is 30.0 Å². The molecule has 0 amide bonds. The number of nitrogens with one attached hydrogen (secondary N) is 1. The van der Waals surface area contributed by atoms with Crippen LogP contribution in [0.2, 0.25) is 0 Å². The van der Waals surface area contributed by atoms with Crippen LogP contribution < -0.4 is 4.74 Å². The zero-order valence-electron chi connectivity index (χ0n) is 15.6. The van der Waals surface area contributed by atoms with E-state index in [0.717, 1.165) is 23.4 Å². The number of Topliss-reactive ketones (excluding diaryl/α,β-unsaturated/α-hetero) is 1. The maximum absolute atomic E-state index is 12.7. The molecule has 138 valence electrons. The molecule has 1 aromatic carbocycles. The summed E-state index contributed by atoms with van der Waals surface area (Å²) in [6, 6.07) is 7.90. The van der Waals surface area contributed by atoms with Gasteiger partial charge in [-0.3, -0.25) is 4.79 Å². The van der Waals surface area contributed by atoms with Gasteiger partial charge < -0.3 is 14.5 Å². The van der Waals surface area contributed by atoms with Gasteiger partial charge in [0.2, 0.25) is 0 Å². The van der Waals surface area contributed by atoms with Crippen LogP contribution in [0.1, 0.15) is 70.3 Å². The minimum absolute atomic E-state index is 0.0772. The highest BCUT2D eigenvalue weighted by molar-refractivity contribution is 6.03. The number of aromatic amines is 1. The molecular weight excluding hydrogens is 330 g/mol. The summed E-state index contributed by atoms with van der Waals surface area (Å²) < 4.78 is 10.7. The van der Waals surface area contributed by atoms with Gasteiger partial charge in [0.25, 0.3) is 0 Å². The number of aromatic nitrogens is 1. The van der Waals surface area contributed by atoms with E-state index in [1.54, 1.807) is 0 Å². The van der Waals surface area contributed by atoms with Crippen LogP contribution in [0.4, 0.5) is 0 Å². The molecule has 1 unspecified atom stereocenters. The Morgan fingerprint density at radius 1 is 1.19 bits per heavy atom. The van der Waals surface area contributed by atoms with Crippen LogP contribution >= 0.6 is 0 Å². The molecule has 5 nitrogen and oxygen atoms in total. The van der Waals surface area contributed by atoms with Gasteiger partial charge >= 0.3 is 5.97 Å². The molecule has 1 atom stereocenters. The van der Waals surface area contributed by atoms with E-state index < -0.39 is 0 Å². The number of hydrogen-bond donors (Lipinski definition) is 1. The van der Waals surface area contributed by atoms with Crippen LogP contribution in [0.15, 0.2) is 24.3 Å². The van der Waals surface area contributed by atoms with Crippen LogP contribution in [0.25, 0.3) is 0 Å². The number of ketones is 1. The van der Waals surface area contributed by atoms with Gasteiger partial charge in [-0.25, -0.2) is 4.79 Å². The van der Waals surface area contributed by atoms with Crippen molar-refractivity contribution >= 4 is 11.8 Å². The summed E-state index contributed by atoms with van der Waals surface area (Å²) in [6.07, 6.45) is 1.92. The van der Waals surface area contributed by atoms with E-state index in [4.69, 9.17) is 9.47 Å². The van der Waals surface area contributed by atoms with Crippen molar-refractivity contribution in [2.45, 2.75) is 46.0 Å². The highest BCUT2D eigenvalue weighted by Crippen LogP contribution is 2.35. The van der Waals surface area contributed by atoms with Crippen LogP contribution in [0.3, 0.4) is 0 Å². The van der Waals surface area contributed by atoms with E-state index in [-0.39, 0.29) is 17.7 Å². The molecule has 5 heteroatoms. The van der Waals surface area contributed by atoms with Crippen molar-refractivity contribution in [1.29, 1.82) is 0 Å². The monoisotopic (exact) mass is 355 g/mol. The molecule has 0 radical (unpaired) electrons. The molecule has 0 bridgehead atoms. The van der Waals surface area contributed by atoms with Gasteiger partial charge in [0.05, 0.1) is 13.2 Å². The van der Waals surface area contributed by atoms with Gasteiger partial charge in [0, 0.05) is 17.7 Å². The smallest absolute Gasteiger partial charge is 0.355 e. The maximum atomic E-state index is 12.7. The lowest BCUT2D eigenvalue weighted by Gasteiger charge is -2.22. The summed E-state index contributed by atoms with van der Waals surface area (Å²) in [5.41, 5.74) is 3.71. The number of fused-ring (bicyclic) bond motifs is 1. The van der Waals surface area contributed by atoms with Crippen molar-refractivity contribution in [1.82, 2.24) is 4.98 Å². The Bertz CT molecular complexity index is 804. The average molecular weight is 355 g/mol. The first kappa shape index (κ1) is 18.2. The lowest BCUT2D eigenvalue weighted by Crippen LogP contribution is -2.18. The molecule has 1 aromatic heterocycles. The first-order valence-corrected chi connectivity index (χ1v) is 9.19. The SMILES string of the molecule is CCCOC(=O)c1[nH]c2c(c1C)C(=O)CC(c1ccc(OCC)cc1)C2. The van der Waals surface area contributed by atoms with E-state index in [0.29, 0.717) is 42.9 Å². The minimum atomic E-state index is -0.385. The number of carbonyl (C=O) groups is 2. The van der Waals surface area contributed by atoms with Gasteiger partial charge in [0.15, 0.2) is 5.78 Å². The summed E-state index contributed by atoms with van der Waals surface area (Å²) >= 11 is 0. The zero-order valence-corrected chi connectivity index (χ0v) is 15.6. The number of hydrogen-bond acceptors (Lipinski definition) is 4. The third kappa shape index (κ3) is 3.52. The van der Waals surface area contributed by atoms with Crippen molar-refractivity contribution in [3.05, 3.63) is 52.3 Å². The Morgan fingerprint density at radius 2 is 1.92 bits per heavy atom. The van der Waals surface area contributed by atoms with Crippen molar-refractivity contribution in [2.75, 3.05) is 13.2 Å². The van der Waals surface area contributed by atoms with Gasteiger partial charge in [-0.2, -0.15) is 0 Å². The number of benzene rings is 1. The molecule has 0 aliphatic heterocycles. The van der Waals surface area contributed by atoms with E-state index >= 15 is 0 Å². The number of ether oxygens (including phenoxy) is 2. The van der Waals surface area contributed by atoms with Gasteiger partial charge in [-0.05, 0) is 55.9 Å². The predicted octanol–water partition coefficient (Wildman–Crippen LogP) is 4.20. The summed E-state index contributed by atoms with van der Waals surface area (Å²) in [6.45, 7) is 6.72. The van der Waals surface area contributed by atoms with Gasteiger partial charge in [-0.15, -0.1) is 0 Å². The number of esters is 1. The van der Waals surface area contributed by atoms with Gasteiger partial charge in [-0.1, -0.05) is 19.1 Å². The van der Waals surface area contributed by atoms with E-state index in [1.165, 1.54) is 0 Å². The van der Waals surface area contributed by atoms with E-state index in [2.05, 4.69) is 4.98 Å². The Morgan fingerprint density at radius 3 is 2.58 bits per heavy atom. The Balaban J connectivity index is 1.83. The number of H-pyrrole nitrogens is 1. The minimum Gasteiger partial charge on any atom is -0.494 e. The Labute approximate surface area is 153 Å². The second-order valence-corrected chi connectivity index (χ2v) is 6.64. The Kier molecular flexibility index (Phi) is 5.45. The highest BCUT2D eigenvalue weighted by atomic mass is 16.5. The summed E-state index contributed by atoms with van der Waals surface area (Å²) in [5.74, 6) is 0.622. The molecule has 1 heterocycles. The molecule has 1 aliphatic carbocycles. The first-order valence-electron chi connectivity index (χ1n) is 9.19. The number of carbonyl (C=O) groups excluding carboxylic acids is 2. The second-order valence-electron chi connectivity index (χ2n) is 6.64. The van der Waals surface area contributed by atoms with Crippen LogP contribution in [0.5, 0.6) is 5.75 Å². The predicted molar refractivity (Wildman–Crippen MR) is 99.1 cm³/mol. The lowest BCUT2D eigenvalue weighted by atomic mass is 9.81. The maximum Gasteiger partial charge on any atom is 0.355 e. The molecule has 0 fully saturated rings. The fraction of sp³-hybridized carbons (Fsp3) is 0.429. The molecule has 0 saturated heterocycles. The molecular formula is C21H25NO4. The molecule has 1 aliphatic rings. The summed E-state index contributed by atoms with van der Waals surface area (Å²) in [7, 11) is 0. The Hall–Kier alpha value is -2.56. The second kappa shape index (κ2) is 7.77. The third-order valence-electron chi connectivity index (χ3n) is 4.79. The average Bonchev–Trinajstić information content (AvgIpc) is 2.98. The van der Waals surface area contributed by atoms with Crippen molar-refractivity contribution in [2.24, 2.45) is 0 Å². The molecule has 1 N–H and O–H groups in total. The van der Waals surface area contributed by atoms with E-state index in [9.17, 15) is 9.59 Å². The largest absolute Gasteiger partial charge is 0.494 e. The summed E-state index contributed by atoms with van der Waals surface area (Å²) in [5, 5.41) is 0. The molecule has 3 rings (SSSR count). The standard InChI is InChI=1S/C21H25NO4/c1-4-10-26-21(24)20-13(3)19-17(22-20)11-15(12-18(19)23)14-6-8-16(9-7-14)25-5-2/h6-9,15,22H,4-5,10-12H2,1-3H3. The fourth-order valence-corrected chi connectivity index (χ4v) is 3.54. The van der Waals surface area contributed by atoms with Crippen molar-refractivity contribution in [3.63, 3.8) is 0 Å². The van der Waals surface area contributed by atoms with Crippen LogP contribution in [-0.2, 0) is 11.2 Å². The molecule has 0 spiro atoms. The normalized spacial score (nSPS) is 16.3. The quantitative estimate of drug-likeness (QED) is 0.789. The molecule has 2 aromatic rings. The topological polar surface area (TPSA) is 68.4 Å². The zero-order chi connectivity index (χ0) is 18.7. The third-order valence-corrected chi connectivity index (χ3v) is 4.79. The van der Waals surface area contributed by atoms with Gasteiger partial charge in [0.1, 0.15) is 11.4 Å². The fourth-order valence-electron chi connectivity index (χ4n) is 3.54. The lowest BCUT2D eigenvalue weighted by molar-refractivity contribution is 0.0498. The molecule has 26 heavy (non-hydrogen) atoms. The summed E-state index contributed by atoms with van der Waals surface area (Å²) in [4.78, 5) is 28.1. The van der Waals surface area contributed by atoms with E-state index in [1.807, 2.05) is 45.0 Å². The first-order chi connectivity index (χ1) is 12.5. The number of rotatable bonds is 6. The molecule has 0 saturated carbocycles. The van der Waals surface area contributed by atoms with Crippen molar-refractivity contribution < 1.29 is 19.1 Å². The van der Waals surface area contributed by atoms with Crippen LogP contribution in [0, 0.1) is 6.92 Å². The van der Waals surface area contributed by atoms with Crippen molar-refractivity contribution in [3.8, 4) is 5.75 Å².